The zero-order valence-electron chi connectivity index (χ0n) is 11.3. The number of halogens is 3. The van der Waals surface area contributed by atoms with Crippen molar-refractivity contribution in [2.75, 3.05) is 0 Å². The maximum absolute atomic E-state index is 10.8. The van der Waals surface area contributed by atoms with Crippen molar-refractivity contribution in [3.05, 3.63) is 80.8 Å². The van der Waals surface area contributed by atoms with Crippen molar-refractivity contribution in [1.29, 1.82) is 0 Å². The van der Waals surface area contributed by atoms with E-state index < -0.39 is 5.97 Å². The fraction of sp³-hybridized carbons (Fsp3) is 0. The minimum absolute atomic E-state index is 0.489. The highest BCUT2D eigenvalue weighted by Gasteiger charge is 2.03. The van der Waals surface area contributed by atoms with Gasteiger partial charge in [0.2, 0.25) is 0 Å². The van der Waals surface area contributed by atoms with Crippen molar-refractivity contribution in [2.45, 2.75) is 0 Å². The molecular weight excluding hydrogens is 343 g/mol. The third-order valence-electron chi connectivity index (χ3n) is 2.86. The van der Waals surface area contributed by atoms with Crippen LogP contribution in [0.15, 0.2) is 54.6 Å². The molecule has 112 valence electrons. The van der Waals surface area contributed by atoms with E-state index in [0.717, 1.165) is 17.2 Å². The first-order chi connectivity index (χ1) is 10.5. The Balaban J connectivity index is 2.49. The van der Waals surface area contributed by atoms with E-state index in [-0.39, 0.29) is 0 Å². The molecule has 0 amide bonds. The van der Waals surface area contributed by atoms with Gasteiger partial charge in [0.25, 0.3) is 0 Å². The highest BCUT2D eigenvalue weighted by atomic mass is 35.5. The van der Waals surface area contributed by atoms with Gasteiger partial charge in [-0.3, -0.25) is 0 Å². The maximum Gasteiger partial charge on any atom is 0.328 e. The molecule has 2 nitrogen and oxygen atoms in total. The standard InChI is InChI=1S/C17H11Cl3O2/c18-14-5-1-11(2-6-14)12(4-8-17(21)22)9-13-3-7-15(19)10-16(13)20/h1-10H,(H,21,22). The van der Waals surface area contributed by atoms with Gasteiger partial charge in [0.05, 0.1) is 0 Å². The van der Waals surface area contributed by atoms with Crippen molar-refractivity contribution in [1.82, 2.24) is 0 Å². The Morgan fingerprint density at radius 2 is 1.55 bits per heavy atom. The quantitative estimate of drug-likeness (QED) is 0.426. The molecule has 22 heavy (non-hydrogen) atoms. The van der Waals surface area contributed by atoms with Crippen LogP contribution >= 0.6 is 34.8 Å². The van der Waals surface area contributed by atoms with E-state index in [9.17, 15) is 4.79 Å². The summed E-state index contributed by atoms with van der Waals surface area (Å²) in [4.78, 5) is 10.8. The lowest BCUT2D eigenvalue weighted by molar-refractivity contribution is -0.131. The molecule has 0 aromatic heterocycles. The number of aliphatic carboxylic acids is 1. The van der Waals surface area contributed by atoms with Crippen LogP contribution in [-0.4, -0.2) is 11.1 Å². The Labute approximate surface area is 143 Å². The topological polar surface area (TPSA) is 37.3 Å². The summed E-state index contributed by atoms with van der Waals surface area (Å²) < 4.78 is 0. The summed E-state index contributed by atoms with van der Waals surface area (Å²) in [5.41, 5.74) is 2.27. The first kappa shape index (κ1) is 16.6. The number of hydrogen-bond donors (Lipinski definition) is 1. The van der Waals surface area contributed by atoms with Crippen molar-refractivity contribution < 1.29 is 9.90 Å². The number of rotatable bonds is 4. The second-order valence-electron chi connectivity index (χ2n) is 4.44. The van der Waals surface area contributed by atoms with E-state index in [0.29, 0.717) is 20.6 Å². The molecule has 0 spiro atoms. The van der Waals surface area contributed by atoms with Gasteiger partial charge in [0, 0.05) is 21.1 Å². The molecule has 0 unspecified atom stereocenters. The summed E-state index contributed by atoms with van der Waals surface area (Å²) in [6.07, 6.45) is 4.38. The predicted molar refractivity (Wildman–Crippen MR) is 92.6 cm³/mol. The monoisotopic (exact) mass is 352 g/mol. The van der Waals surface area contributed by atoms with E-state index in [4.69, 9.17) is 39.9 Å². The van der Waals surface area contributed by atoms with Crippen LogP contribution in [0.5, 0.6) is 0 Å². The number of carboxylic acid groups (broad SMARTS) is 1. The van der Waals surface area contributed by atoms with Gasteiger partial charge in [-0.05, 0) is 53.1 Å². The van der Waals surface area contributed by atoms with Gasteiger partial charge in [-0.1, -0.05) is 53.0 Å². The van der Waals surface area contributed by atoms with Gasteiger partial charge in [-0.15, -0.1) is 0 Å². The Bertz CT molecular complexity index is 747. The molecule has 0 aliphatic heterocycles. The Morgan fingerprint density at radius 3 is 2.14 bits per heavy atom. The summed E-state index contributed by atoms with van der Waals surface area (Å²) in [5.74, 6) is -1.03. The summed E-state index contributed by atoms with van der Waals surface area (Å²) in [5, 5.41) is 10.5. The number of carbonyl (C=O) groups is 1. The molecule has 0 bridgehead atoms. The molecule has 5 heteroatoms. The highest BCUT2D eigenvalue weighted by molar-refractivity contribution is 6.35. The van der Waals surface area contributed by atoms with Gasteiger partial charge < -0.3 is 5.11 Å². The molecule has 1 N–H and O–H groups in total. The molecule has 0 atom stereocenters. The minimum Gasteiger partial charge on any atom is -0.478 e. The van der Waals surface area contributed by atoms with Crippen LogP contribution in [0.4, 0.5) is 0 Å². The van der Waals surface area contributed by atoms with Gasteiger partial charge in [0.15, 0.2) is 0 Å². The Morgan fingerprint density at radius 1 is 0.909 bits per heavy atom. The van der Waals surface area contributed by atoms with Crippen molar-refractivity contribution in [3.63, 3.8) is 0 Å². The molecular formula is C17H11Cl3O2. The van der Waals surface area contributed by atoms with Crippen LogP contribution < -0.4 is 0 Å². The number of carboxylic acids is 1. The number of hydrogen-bond acceptors (Lipinski definition) is 1. The third kappa shape index (κ3) is 4.63. The van der Waals surface area contributed by atoms with Gasteiger partial charge in [-0.25, -0.2) is 4.79 Å². The maximum atomic E-state index is 10.8. The molecule has 2 aromatic rings. The summed E-state index contributed by atoms with van der Waals surface area (Å²) in [6, 6.07) is 12.2. The second kappa shape index (κ2) is 7.50. The average Bonchev–Trinajstić information content (AvgIpc) is 2.46. The fourth-order valence-corrected chi connectivity index (χ4v) is 2.41. The fourth-order valence-electron chi connectivity index (χ4n) is 1.82. The van der Waals surface area contributed by atoms with E-state index in [2.05, 4.69) is 0 Å². The zero-order valence-corrected chi connectivity index (χ0v) is 13.5. The van der Waals surface area contributed by atoms with E-state index in [1.165, 1.54) is 6.08 Å². The first-order valence-electron chi connectivity index (χ1n) is 6.29. The molecule has 2 rings (SSSR count). The highest BCUT2D eigenvalue weighted by Crippen LogP contribution is 2.27. The molecule has 2 aromatic carbocycles. The molecule has 0 saturated carbocycles. The minimum atomic E-state index is -1.03. The van der Waals surface area contributed by atoms with Crippen LogP contribution in [0.1, 0.15) is 11.1 Å². The zero-order chi connectivity index (χ0) is 16.1. The van der Waals surface area contributed by atoms with Crippen LogP contribution in [-0.2, 0) is 4.79 Å². The van der Waals surface area contributed by atoms with Crippen molar-refractivity contribution in [3.8, 4) is 0 Å². The van der Waals surface area contributed by atoms with Crippen LogP contribution in [0, 0.1) is 0 Å². The largest absolute Gasteiger partial charge is 0.478 e. The average molecular weight is 354 g/mol. The van der Waals surface area contributed by atoms with E-state index >= 15 is 0 Å². The summed E-state index contributed by atoms with van der Waals surface area (Å²) in [6.45, 7) is 0. The van der Waals surface area contributed by atoms with Crippen LogP contribution in [0.25, 0.3) is 11.6 Å². The number of allylic oxidation sites excluding steroid dienone is 2. The molecule has 0 saturated heterocycles. The lowest BCUT2D eigenvalue weighted by Crippen LogP contribution is -1.88. The lowest BCUT2D eigenvalue weighted by atomic mass is 10.0. The summed E-state index contributed by atoms with van der Waals surface area (Å²) >= 11 is 17.9. The molecule has 0 radical (unpaired) electrons. The third-order valence-corrected chi connectivity index (χ3v) is 3.67. The van der Waals surface area contributed by atoms with Gasteiger partial charge in [0.1, 0.15) is 0 Å². The first-order valence-corrected chi connectivity index (χ1v) is 7.43. The molecule has 0 heterocycles. The predicted octanol–water partition coefficient (Wildman–Crippen LogP) is 5.83. The van der Waals surface area contributed by atoms with Crippen LogP contribution in [0.3, 0.4) is 0 Å². The van der Waals surface area contributed by atoms with Crippen LogP contribution in [0.2, 0.25) is 15.1 Å². The van der Waals surface area contributed by atoms with Crippen molar-refractivity contribution in [2.24, 2.45) is 0 Å². The second-order valence-corrected chi connectivity index (χ2v) is 5.72. The normalized spacial score (nSPS) is 11.9. The molecule has 0 aliphatic rings. The van der Waals surface area contributed by atoms with Gasteiger partial charge >= 0.3 is 5.97 Å². The van der Waals surface area contributed by atoms with Gasteiger partial charge in [-0.2, -0.15) is 0 Å². The Kier molecular flexibility index (Phi) is 5.67. The SMILES string of the molecule is O=C(O)C=CC(=Cc1ccc(Cl)cc1Cl)c1ccc(Cl)cc1. The van der Waals surface area contributed by atoms with E-state index in [1.54, 1.807) is 36.4 Å². The molecule has 0 aliphatic carbocycles. The lowest BCUT2D eigenvalue weighted by Gasteiger charge is -2.05. The Hall–Kier alpha value is -1.74. The molecule has 0 fully saturated rings. The van der Waals surface area contributed by atoms with E-state index in [1.807, 2.05) is 12.1 Å². The smallest absolute Gasteiger partial charge is 0.328 e. The number of benzene rings is 2. The summed E-state index contributed by atoms with van der Waals surface area (Å²) in [7, 11) is 0. The van der Waals surface area contributed by atoms with Crippen molar-refractivity contribution >= 4 is 52.4 Å².